The Balaban J connectivity index is 1.73. The zero-order valence-corrected chi connectivity index (χ0v) is 20.2. The fourth-order valence-electron chi connectivity index (χ4n) is 3.60. The Kier molecular flexibility index (Phi) is 8.71. The van der Waals surface area contributed by atoms with Gasteiger partial charge in [-0.3, -0.25) is 4.79 Å². The molecule has 1 heterocycles. The van der Waals surface area contributed by atoms with Crippen molar-refractivity contribution in [3.8, 4) is 11.5 Å². The SMILES string of the molecule is CCOc1ccc(S(=O)(=O)N2CCCCC2)cc1NC(=O)C(C)OCc1cccc(OC)c1. The highest BCUT2D eigenvalue weighted by Crippen LogP contribution is 2.30. The molecule has 3 rings (SSSR count). The Morgan fingerprint density at radius 3 is 2.58 bits per heavy atom. The van der Waals surface area contributed by atoms with Gasteiger partial charge in [-0.2, -0.15) is 4.31 Å². The first-order chi connectivity index (χ1) is 15.8. The van der Waals surface area contributed by atoms with Crippen LogP contribution in [0.5, 0.6) is 11.5 Å². The van der Waals surface area contributed by atoms with Crippen molar-refractivity contribution in [2.45, 2.75) is 50.7 Å². The zero-order valence-electron chi connectivity index (χ0n) is 19.4. The van der Waals surface area contributed by atoms with Gasteiger partial charge >= 0.3 is 0 Å². The number of nitrogens with one attached hydrogen (secondary N) is 1. The molecule has 1 N–H and O–H groups in total. The number of piperidine rings is 1. The largest absolute Gasteiger partial charge is 0.497 e. The highest BCUT2D eigenvalue weighted by Gasteiger charge is 2.27. The van der Waals surface area contributed by atoms with E-state index in [4.69, 9.17) is 14.2 Å². The van der Waals surface area contributed by atoms with E-state index in [-0.39, 0.29) is 11.5 Å². The Morgan fingerprint density at radius 2 is 1.88 bits per heavy atom. The number of carbonyl (C=O) groups is 1. The zero-order chi connectivity index (χ0) is 23.8. The van der Waals surface area contributed by atoms with Crippen LogP contribution in [0.3, 0.4) is 0 Å². The number of amides is 1. The lowest BCUT2D eigenvalue weighted by molar-refractivity contribution is -0.127. The lowest BCUT2D eigenvalue weighted by Crippen LogP contribution is -2.35. The van der Waals surface area contributed by atoms with Crippen LogP contribution in [0.25, 0.3) is 0 Å². The lowest BCUT2D eigenvalue weighted by atomic mass is 10.2. The fraction of sp³-hybridized carbons (Fsp3) is 0.458. The van der Waals surface area contributed by atoms with E-state index in [1.807, 2.05) is 31.2 Å². The van der Waals surface area contributed by atoms with Gasteiger partial charge in [0.1, 0.15) is 17.6 Å². The smallest absolute Gasteiger partial charge is 0.253 e. The maximum atomic E-state index is 13.1. The van der Waals surface area contributed by atoms with Crippen LogP contribution in [0.2, 0.25) is 0 Å². The molecule has 9 heteroatoms. The molecular weight excluding hydrogens is 444 g/mol. The molecule has 1 atom stereocenters. The van der Waals surface area contributed by atoms with Gasteiger partial charge in [0, 0.05) is 13.1 Å². The molecule has 0 aromatic heterocycles. The first-order valence-corrected chi connectivity index (χ1v) is 12.6. The summed E-state index contributed by atoms with van der Waals surface area (Å²) in [5.41, 5.74) is 1.18. The second-order valence-electron chi connectivity index (χ2n) is 7.85. The van der Waals surface area contributed by atoms with E-state index < -0.39 is 22.0 Å². The minimum absolute atomic E-state index is 0.133. The first kappa shape index (κ1) is 25.0. The Labute approximate surface area is 195 Å². The third-order valence-electron chi connectivity index (χ3n) is 5.46. The van der Waals surface area contributed by atoms with Gasteiger partial charge in [-0.1, -0.05) is 18.6 Å². The highest BCUT2D eigenvalue weighted by molar-refractivity contribution is 7.89. The van der Waals surface area contributed by atoms with E-state index in [0.29, 0.717) is 36.9 Å². The summed E-state index contributed by atoms with van der Waals surface area (Å²) in [6, 6.07) is 12.0. The molecule has 1 aliphatic heterocycles. The highest BCUT2D eigenvalue weighted by atomic mass is 32.2. The van der Waals surface area contributed by atoms with Gasteiger partial charge < -0.3 is 19.5 Å². The van der Waals surface area contributed by atoms with Gasteiger partial charge in [-0.15, -0.1) is 0 Å². The number of anilines is 1. The molecule has 0 spiro atoms. The summed E-state index contributed by atoms with van der Waals surface area (Å²) in [5.74, 6) is 0.719. The average Bonchev–Trinajstić information content (AvgIpc) is 2.84. The van der Waals surface area contributed by atoms with E-state index in [9.17, 15) is 13.2 Å². The molecule has 2 aromatic rings. The van der Waals surface area contributed by atoms with Crippen molar-refractivity contribution in [1.29, 1.82) is 0 Å². The van der Waals surface area contributed by atoms with E-state index in [1.54, 1.807) is 20.1 Å². The van der Waals surface area contributed by atoms with Crippen molar-refractivity contribution in [1.82, 2.24) is 4.31 Å². The number of carbonyl (C=O) groups excluding carboxylic acids is 1. The topological polar surface area (TPSA) is 94.2 Å². The van der Waals surface area contributed by atoms with Crippen molar-refractivity contribution < 1.29 is 27.4 Å². The maximum Gasteiger partial charge on any atom is 0.253 e. The lowest BCUT2D eigenvalue weighted by Gasteiger charge is -2.26. The number of rotatable bonds is 10. The Bertz CT molecular complexity index is 1050. The number of nitrogens with zero attached hydrogens (tertiary/aromatic N) is 1. The standard InChI is InChI=1S/C24H32N2O6S/c1-4-31-23-12-11-21(33(28,29)26-13-6-5-7-14-26)16-22(23)25-24(27)18(2)32-17-19-9-8-10-20(15-19)30-3/h8-12,15-16,18H,4-7,13-14,17H2,1-3H3,(H,25,27). The molecule has 0 bridgehead atoms. The monoisotopic (exact) mass is 476 g/mol. The number of benzene rings is 2. The van der Waals surface area contributed by atoms with Crippen molar-refractivity contribution in [3.05, 3.63) is 48.0 Å². The summed E-state index contributed by atoms with van der Waals surface area (Å²) in [6.45, 7) is 5.09. The summed E-state index contributed by atoms with van der Waals surface area (Å²) in [6.07, 6.45) is 1.96. The quantitative estimate of drug-likeness (QED) is 0.560. The van der Waals surface area contributed by atoms with Gasteiger partial charge in [-0.25, -0.2) is 8.42 Å². The third kappa shape index (κ3) is 6.46. The molecular formula is C24H32N2O6S. The van der Waals surface area contributed by atoms with Crippen molar-refractivity contribution >= 4 is 21.6 Å². The molecule has 1 fully saturated rings. The molecule has 0 aliphatic carbocycles. The summed E-state index contributed by atoms with van der Waals surface area (Å²) in [7, 11) is -2.05. The summed E-state index contributed by atoms with van der Waals surface area (Å²) in [4.78, 5) is 12.9. The fourth-order valence-corrected chi connectivity index (χ4v) is 5.14. The van der Waals surface area contributed by atoms with Crippen molar-refractivity contribution in [2.24, 2.45) is 0 Å². The van der Waals surface area contributed by atoms with Crippen LogP contribution in [0, 0.1) is 0 Å². The van der Waals surface area contributed by atoms with Gasteiger partial charge in [0.05, 0.1) is 30.9 Å². The number of ether oxygens (including phenoxy) is 3. The normalized spacial score (nSPS) is 15.6. The minimum Gasteiger partial charge on any atom is -0.497 e. The van der Waals surface area contributed by atoms with E-state index in [1.165, 1.54) is 16.4 Å². The minimum atomic E-state index is -3.64. The first-order valence-electron chi connectivity index (χ1n) is 11.2. The number of hydrogen-bond acceptors (Lipinski definition) is 6. The molecule has 1 aliphatic rings. The third-order valence-corrected chi connectivity index (χ3v) is 7.36. The van der Waals surface area contributed by atoms with Crippen LogP contribution in [0.1, 0.15) is 38.7 Å². The molecule has 8 nitrogen and oxygen atoms in total. The summed E-state index contributed by atoms with van der Waals surface area (Å²) < 4.78 is 44.2. The molecule has 1 unspecified atom stereocenters. The summed E-state index contributed by atoms with van der Waals surface area (Å²) in [5, 5.41) is 2.77. The Morgan fingerprint density at radius 1 is 1.12 bits per heavy atom. The van der Waals surface area contributed by atoms with Crippen LogP contribution in [0.4, 0.5) is 5.69 Å². The van der Waals surface area contributed by atoms with Crippen LogP contribution in [0.15, 0.2) is 47.4 Å². The Hall–Kier alpha value is -2.62. The van der Waals surface area contributed by atoms with E-state index in [0.717, 1.165) is 24.8 Å². The van der Waals surface area contributed by atoms with Crippen molar-refractivity contribution in [3.63, 3.8) is 0 Å². The molecule has 0 saturated carbocycles. The van der Waals surface area contributed by atoms with E-state index in [2.05, 4.69) is 5.32 Å². The van der Waals surface area contributed by atoms with Gasteiger partial charge in [0.2, 0.25) is 10.0 Å². The number of hydrogen-bond donors (Lipinski definition) is 1. The molecule has 180 valence electrons. The van der Waals surface area contributed by atoms with Crippen molar-refractivity contribution in [2.75, 3.05) is 32.1 Å². The second-order valence-corrected chi connectivity index (χ2v) is 9.79. The van der Waals surface area contributed by atoms with Gasteiger partial charge in [0.25, 0.3) is 5.91 Å². The second kappa shape index (κ2) is 11.5. The molecule has 1 amide bonds. The van der Waals surface area contributed by atoms with Gasteiger partial charge in [-0.05, 0) is 62.6 Å². The molecule has 0 radical (unpaired) electrons. The van der Waals surface area contributed by atoms with Gasteiger partial charge in [0.15, 0.2) is 0 Å². The molecule has 1 saturated heterocycles. The maximum absolute atomic E-state index is 13.1. The van der Waals surface area contributed by atoms with Crippen LogP contribution < -0.4 is 14.8 Å². The predicted octanol–water partition coefficient (Wildman–Crippen LogP) is 3.81. The average molecular weight is 477 g/mol. The van der Waals surface area contributed by atoms with Crippen LogP contribution >= 0.6 is 0 Å². The predicted molar refractivity (Wildman–Crippen MR) is 126 cm³/mol. The van der Waals surface area contributed by atoms with Crippen LogP contribution in [-0.2, 0) is 26.2 Å². The molecule has 33 heavy (non-hydrogen) atoms. The summed E-state index contributed by atoms with van der Waals surface area (Å²) >= 11 is 0. The molecule has 2 aromatic carbocycles. The number of methoxy groups -OCH3 is 1. The van der Waals surface area contributed by atoms with E-state index >= 15 is 0 Å². The van der Waals surface area contributed by atoms with Crippen LogP contribution in [-0.4, -0.2) is 51.5 Å². The number of sulfonamides is 1.